The molecule has 0 radical (unpaired) electrons. The molecule has 0 aliphatic carbocycles. The van der Waals surface area contributed by atoms with Crippen LogP contribution in [0.5, 0.6) is 0 Å². The maximum atomic E-state index is 12.6. The van der Waals surface area contributed by atoms with Crippen molar-refractivity contribution < 1.29 is 13.0 Å². The Balaban J connectivity index is 1.75. The van der Waals surface area contributed by atoms with Crippen LogP contribution < -0.4 is 0 Å². The molecule has 0 unspecified atom stereocenters. The fraction of sp³-hybridized carbons (Fsp3) is 0. The van der Waals surface area contributed by atoms with Crippen molar-refractivity contribution >= 4 is 54.8 Å². The van der Waals surface area contributed by atoms with Crippen molar-refractivity contribution in [3.05, 3.63) is 107 Å². The Morgan fingerprint density at radius 1 is 0.647 bits per heavy atom. The van der Waals surface area contributed by atoms with Crippen LogP contribution in [0.4, 0.5) is 0 Å². The zero-order valence-corrected chi connectivity index (χ0v) is 18.5. The summed E-state index contributed by atoms with van der Waals surface area (Å²) in [6.07, 6.45) is 3.62. The van der Waals surface area contributed by atoms with Gasteiger partial charge in [0, 0.05) is 27.6 Å². The van der Waals surface area contributed by atoms with E-state index in [9.17, 15) is 13.0 Å². The van der Waals surface area contributed by atoms with Gasteiger partial charge in [-0.25, -0.2) is 9.97 Å². The normalized spacial score (nSPS) is 13.4. The zero-order valence-electron chi connectivity index (χ0n) is 17.7. The van der Waals surface area contributed by atoms with E-state index in [1.54, 1.807) is 30.3 Å². The van der Waals surface area contributed by atoms with Crippen LogP contribution in [-0.4, -0.2) is 32.9 Å². The van der Waals surface area contributed by atoms with Crippen LogP contribution in [0, 0.1) is 0 Å². The quantitative estimate of drug-likeness (QED) is 0.306. The minimum absolute atomic E-state index is 0.129. The average molecular weight is 467 g/mol. The number of aromatic amines is 2. The van der Waals surface area contributed by atoms with Crippen LogP contribution in [0.1, 0.15) is 28.3 Å². The molecule has 0 atom stereocenters. The summed E-state index contributed by atoms with van der Waals surface area (Å²) in [5, 5.41) is 0. The van der Waals surface area contributed by atoms with Crippen molar-refractivity contribution in [2.24, 2.45) is 0 Å². The van der Waals surface area contributed by atoms with Gasteiger partial charge in [-0.3, -0.25) is 4.55 Å². The van der Waals surface area contributed by atoms with E-state index in [1.807, 2.05) is 60.7 Å². The summed E-state index contributed by atoms with van der Waals surface area (Å²) in [5.41, 5.74) is 6.20. The second kappa shape index (κ2) is 7.65. The number of rotatable bonds is 2. The van der Waals surface area contributed by atoms with Gasteiger partial charge < -0.3 is 9.97 Å². The lowest BCUT2D eigenvalue weighted by Gasteiger charge is -2.06. The molecule has 166 valence electrons. The number of aromatic nitrogens is 4. The summed E-state index contributed by atoms with van der Waals surface area (Å²) >= 11 is 0. The summed E-state index contributed by atoms with van der Waals surface area (Å²) < 4.78 is 35.4. The van der Waals surface area contributed by atoms with E-state index in [0.717, 1.165) is 22.1 Å². The predicted octanol–water partition coefficient (Wildman–Crippen LogP) is 5.29. The third kappa shape index (κ3) is 3.75. The molecule has 0 spiro atoms. The highest BCUT2D eigenvalue weighted by Gasteiger charge is 2.30. The van der Waals surface area contributed by atoms with Gasteiger partial charge in [0.05, 0.1) is 22.8 Å². The van der Waals surface area contributed by atoms with Gasteiger partial charge in [0.25, 0.3) is 10.1 Å². The minimum Gasteiger partial charge on any atom is -0.355 e. The number of nitrogens with zero attached hydrogens (tertiary/aromatic N) is 2. The number of H-pyrrole nitrogens is 2. The molecule has 0 saturated carbocycles. The van der Waals surface area contributed by atoms with Crippen LogP contribution >= 0.6 is 0 Å². The van der Waals surface area contributed by atoms with Crippen molar-refractivity contribution in [1.82, 2.24) is 19.9 Å². The molecule has 4 aromatic rings. The molecule has 0 amide bonds. The smallest absolute Gasteiger partial charge is 0.297 e. The van der Waals surface area contributed by atoms with E-state index < -0.39 is 10.1 Å². The lowest BCUT2D eigenvalue weighted by atomic mass is 10.0. The molecule has 3 N–H and O–H groups in total. The summed E-state index contributed by atoms with van der Waals surface area (Å²) in [6, 6.07) is 24.0. The van der Waals surface area contributed by atoms with Crippen molar-refractivity contribution in [1.29, 1.82) is 0 Å². The molecular weight excluding hydrogens is 448 g/mol. The van der Waals surface area contributed by atoms with Gasteiger partial charge in [0.1, 0.15) is 4.91 Å². The van der Waals surface area contributed by atoms with E-state index in [0.29, 0.717) is 28.2 Å². The summed E-state index contributed by atoms with van der Waals surface area (Å²) in [7, 11) is -4.60. The van der Waals surface area contributed by atoms with Gasteiger partial charge in [0.2, 0.25) is 0 Å². The number of nitrogens with one attached hydrogen (secondary N) is 2. The van der Waals surface area contributed by atoms with E-state index >= 15 is 0 Å². The first-order valence-corrected chi connectivity index (χ1v) is 12.0. The maximum Gasteiger partial charge on any atom is 0.297 e. The predicted molar refractivity (Wildman–Crippen MR) is 134 cm³/mol. The SMILES string of the molecule is O=S(=O)(O)C1=C(c2ccccc2)c2cc3ccc(cc4ccc(cc5nc(cc1n2)C=C5)[nH]4)[nH]3. The Labute approximate surface area is 194 Å². The largest absolute Gasteiger partial charge is 0.355 e. The van der Waals surface area contributed by atoms with Crippen LogP contribution in [0.25, 0.3) is 44.7 Å². The second-order valence-corrected chi connectivity index (χ2v) is 9.40. The highest BCUT2D eigenvalue weighted by molar-refractivity contribution is 7.95. The summed E-state index contributed by atoms with van der Waals surface area (Å²) in [4.78, 5) is 15.6. The highest BCUT2D eigenvalue weighted by Crippen LogP contribution is 2.38. The van der Waals surface area contributed by atoms with E-state index in [4.69, 9.17) is 0 Å². The van der Waals surface area contributed by atoms with Crippen molar-refractivity contribution in [2.45, 2.75) is 0 Å². The van der Waals surface area contributed by atoms with Crippen LogP contribution in [0.3, 0.4) is 0 Å². The molecule has 7 nitrogen and oxygen atoms in total. The third-order valence-electron chi connectivity index (χ3n) is 5.61. The van der Waals surface area contributed by atoms with Gasteiger partial charge in [-0.1, -0.05) is 30.3 Å². The van der Waals surface area contributed by atoms with Gasteiger partial charge in [-0.15, -0.1) is 0 Å². The molecule has 1 aromatic carbocycles. The summed E-state index contributed by atoms with van der Waals surface area (Å²) in [5.74, 6) is 0. The van der Waals surface area contributed by atoms with Gasteiger partial charge in [-0.2, -0.15) is 8.42 Å². The average Bonchev–Trinajstić information content (AvgIpc) is 3.58. The Hall–Kier alpha value is -4.27. The molecule has 0 saturated heterocycles. The number of benzene rings is 1. The first-order chi connectivity index (χ1) is 16.4. The van der Waals surface area contributed by atoms with Gasteiger partial charge in [0.15, 0.2) is 0 Å². The molecule has 8 bridgehead atoms. The van der Waals surface area contributed by atoms with Crippen LogP contribution in [-0.2, 0) is 10.1 Å². The van der Waals surface area contributed by atoms with Crippen molar-refractivity contribution in [2.75, 3.05) is 0 Å². The Bertz CT molecular complexity index is 1780. The minimum atomic E-state index is -4.60. The Morgan fingerprint density at radius 2 is 1.24 bits per heavy atom. The number of fused-ring (bicyclic) bond motifs is 8. The Morgan fingerprint density at radius 3 is 1.88 bits per heavy atom. The van der Waals surface area contributed by atoms with Crippen LogP contribution in [0.15, 0.2) is 78.9 Å². The fourth-order valence-electron chi connectivity index (χ4n) is 4.19. The second-order valence-electron chi connectivity index (χ2n) is 8.04. The lowest BCUT2D eigenvalue weighted by molar-refractivity contribution is 0.496. The van der Waals surface area contributed by atoms with Gasteiger partial charge in [-0.05, 0) is 66.2 Å². The van der Waals surface area contributed by atoms with Crippen molar-refractivity contribution in [3.8, 4) is 0 Å². The third-order valence-corrected chi connectivity index (χ3v) is 6.54. The molecule has 5 heterocycles. The molecule has 34 heavy (non-hydrogen) atoms. The first-order valence-electron chi connectivity index (χ1n) is 10.6. The van der Waals surface area contributed by atoms with E-state index in [-0.39, 0.29) is 10.6 Å². The molecule has 2 aliphatic rings. The molecule has 3 aromatic heterocycles. The topological polar surface area (TPSA) is 112 Å². The Kier molecular flexibility index (Phi) is 4.58. The maximum absolute atomic E-state index is 12.6. The highest BCUT2D eigenvalue weighted by atomic mass is 32.2. The molecule has 8 heteroatoms. The number of hydrogen-bond acceptors (Lipinski definition) is 4. The van der Waals surface area contributed by atoms with E-state index in [2.05, 4.69) is 19.9 Å². The fourth-order valence-corrected chi connectivity index (χ4v) is 5.04. The lowest BCUT2D eigenvalue weighted by Crippen LogP contribution is -2.02. The van der Waals surface area contributed by atoms with E-state index in [1.165, 1.54) is 0 Å². The monoisotopic (exact) mass is 466 g/mol. The molecule has 6 rings (SSSR count). The van der Waals surface area contributed by atoms with Crippen LogP contribution in [0.2, 0.25) is 0 Å². The van der Waals surface area contributed by atoms with Gasteiger partial charge >= 0.3 is 0 Å². The van der Waals surface area contributed by atoms with Crippen molar-refractivity contribution in [3.63, 3.8) is 0 Å². The number of hydrogen-bond donors (Lipinski definition) is 3. The standard InChI is InChI=1S/C26H18N4O3S/c31-34(32,33)26-24-15-22-11-9-20(29-22)13-18-7-6-17(27-18)12-19-8-10-21(28-19)14-23(30-24)25(26)16-4-2-1-3-5-16/h1-15,27-28H,(H,31,32,33). The molecule has 2 aliphatic heterocycles. The first kappa shape index (κ1) is 20.3. The summed E-state index contributed by atoms with van der Waals surface area (Å²) in [6.45, 7) is 0. The molecular formula is C26H18N4O3S. The zero-order chi connectivity index (χ0) is 23.3. The molecule has 0 fully saturated rings.